The van der Waals surface area contributed by atoms with Gasteiger partial charge in [-0.3, -0.25) is 4.79 Å². The van der Waals surface area contributed by atoms with Crippen LogP contribution in [0.25, 0.3) is 0 Å². The molecule has 0 aliphatic carbocycles. The second-order valence-corrected chi connectivity index (χ2v) is 5.50. The van der Waals surface area contributed by atoms with Gasteiger partial charge in [0.2, 0.25) is 0 Å². The van der Waals surface area contributed by atoms with Crippen molar-refractivity contribution in [3.05, 3.63) is 47.8 Å². The first-order valence-corrected chi connectivity index (χ1v) is 7.65. The number of carbonyl (C=O) groups excluding carboxylic acids is 1. The van der Waals surface area contributed by atoms with E-state index < -0.39 is 0 Å². The summed E-state index contributed by atoms with van der Waals surface area (Å²) < 4.78 is 6.89. The molecule has 1 aromatic carbocycles. The van der Waals surface area contributed by atoms with E-state index in [-0.39, 0.29) is 5.91 Å². The molecule has 0 fully saturated rings. The molecule has 0 aliphatic heterocycles. The molecule has 1 N–H and O–H groups in total. The molecule has 0 radical (unpaired) electrons. The molecule has 0 aliphatic rings. The van der Waals surface area contributed by atoms with E-state index in [0.717, 1.165) is 16.5 Å². The molecule has 0 spiro atoms. The Balaban J connectivity index is 1.94. The van der Waals surface area contributed by atoms with Crippen molar-refractivity contribution in [1.29, 1.82) is 0 Å². The number of carbonyl (C=O) groups is 1. The quantitative estimate of drug-likeness (QED) is 0.628. The van der Waals surface area contributed by atoms with Gasteiger partial charge in [0.25, 0.3) is 5.91 Å². The summed E-state index contributed by atoms with van der Waals surface area (Å²) in [6.07, 6.45) is 3.70. The fraction of sp³-hybridized carbons (Fsp3) is 0.333. The highest BCUT2D eigenvalue weighted by Crippen LogP contribution is 2.20. The lowest BCUT2D eigenvalue weighted by Crippen LogP contribution is -2.26. The largest absolute Gasteiger partial charge is 0.383 e. The SMILES string of the molecule is COCCNC(=O)c1cccc(CSc2nccn2C)c1. The summed E-state index contributed by atoms with van der Waals surface area (Å²) in [4.78, 5) is 16.2. The van der Waals surface area contributed by atoms with Crippen LogP contribution in [0.3, 0.4) is 0 Å². The number of aryl methyl sites for hydroxylation is 1. The number of imidazole rings is 1. The van der Waals surface area contributed by atoms with Gasteiger partial charge >= 0.3 is 0 Å². The smallest absolute Gasteiger partial charge is 0.251 e. The molecule has 0 atom stereocenters. The normalized spacial score (nSPS) is 10.6. The molecule has 1 aromatic heterocycles. The van der Waals surface area contributed by atoms with Crippen molar-refractivity contribution in [2.45, 2.75) is 10.9 Å². The van der Waals surface area contributed by atoms with Crippen molar-refractivity contribution in [1.82, 2.24) is 14.9 Å². The molecule has 21 heavy (non-hydrogen) atoms. The molecule has 6 heteroatoms. The Hall–Kier alpha value is -1.79. The van der Waals surface area contributed by atoms with Crippen LogP contribution in [0.5, 0.6) is 0 Å². The number of benzene rings is 1. The summed E-state index contributed by atoms with van der Waals surface area (Å²) in [5.74, 6) is 0.709. The number of thioether (sulfide) groups is 1. The number of methoxy groups -OCH3 is 1. The van der Waals surface area contributed by atoms with Crippen LogP contribution in [-0.4, -0.2) is 35.7 Å². The molecule has 0 saturated carbocycles. The van der Waals surface area contributed by atoms with Gasteiger partial charge in [0.15, 0.2) is 5.16 Å². The Morgan fingerprint density at radius 1 is 1.48 bits per heavy atom. The van der Waals surface area contributed by atoms with Gasteiger partial charge in [0.05, 0.1) is 6.61 Å². The molecule has 0 bridgehead atoms. The van der Waals surface area contributed by atoms with E-state index in [1.807, 2.05) is 42.1 Å². The lowest BCUT2D eigenvalue weighted by Gasteiger charge is -2.07. The van der Waals surface area contributed by atoms with E-state index in [0.29, 0.717) is 18.7 Å². The number of nitrogens with one attached hydrogen (secondary N) is 1. The minimum absolute atomic E-state index is 0.0732. The second-order valence-electron chi connectivity index (χ2n) is 4.56. The summed E-state index contributed by atoms with van der Waals surface area (Å²) in [6, 6.07) is 7.65. The average Bonchev–Trinajstić information content (AvgIpc) is 2.91. The van der Waals surface area contributed by atoms with E-state index in [2.05, 4.69) is 10.3 Å². The summed E-state index contributed by atoms with van der Waals surface area (Å²) in [5.41, 5.74) is 1.77. The monoisotopic (exact) mass is 305 g/mol. The number of aromatic nitrogens is 2. The summed E-state index contributed by atoms with van der Waals surface area (Å²) in [7, 11) is 3.58. The topological polar surface area (TPSA) is 56.1 Å². The minimum Gasteiger partial charge on any atom is -0.383 e. The van der Waals surface area contributed by atoms with Crippen LogP contribution < -0.4 is 5.32 Å². The van der Waals surface area contributed by atoms with Crippen LogP contribution >= 0.6 is 11.8 Å². The van der Waals surface area contributed by atoms with Crippen LogP contribution in [0.2, 0.25) is 0 Å². The van der Waals surface area contributed by atoms with Gasteiger partial charge in [0.1, 0.15) is 0 Å². The highest BCUT2D eigenvalue weighted by Gasteiger charge is 2.06. The number of nitrogens with zero attached hydrogens (tertiary/aromatic N) is 2. The molecule has 1 heterocycles. The van der Waals surface area contributed by atoms with Gasteiger partial charge < -0.3 is 14.6 Å². The zero-order valence-corrected chi connectivity index (χ0v) is 13.0. The van der Waals surface area contributed by atoms with E-state index in [9.17, 15) is 4.79 Å². The van der Waals surface area contributed by atoms with Gasteiger partial charge in [-0.25, -0.2) is 4.98 Å². The Morgan fingerprint density at radius 2 is 2.33 bits per heavy atom. The maximum atomic E-state index is 12.0. The molecule has 2 aromatic rings. The van der Waals surface area contributed by atoms with Crippen molar-refractivity contribution >= 4 is 17.7 Å². The van der Waals surface area contributed by atoms with Gasteiger partial charge in [-0.15, -0.1) is 0 Å². The van der Waals surface area contributed by atoms with Crippen LogP contribution in [-0.2, 0) is 17.5 Å². The van der Waals surface area contributed by atoms with Crippen LogP contribution in [0.4, 0.5) is 0 Å². The van der Waals surface area contributed by atoms with E-state index in [1.54, 1.807) is 25.1 Å². The van der Waals surface area contributed by atoms with Gasteiger partial charge in [-0.1, -0.05) is 23.9 Å². The number of hydrogen-bond donors (Lipinski definition) is 1. The Morgan fingerprint density at radius 3 is 3.05 bits per heavy atom. The summed E-state index contributed by atoms with van der Waals surface area (Å²) in [6.45, 7) is 1.03. The van der Waals surface area contributed by atoms with E-state index in [1.165, 1.54) is 0 Å². The third-order valence-electron chi connectivity index (χ3n) is 2.93. The van der Waals surface area contributed by atoms with Crippen molar-refractivity contribution in [3.8, 4) is 0 Å². The van der Waals surface area contributed by atoms with Crippen molar-refractivity contribution in [2.75, 3.05) is 20.3 Å². The standard InChI is InChI=1S/C15H19N3O2S/c1-18-8-6-17-15(18)21-11-12-4-3-5-13(10-12)14(19)16-7-9-20-2/h3-6,8,10H,7,9,11H2,1-2H3,(H,16,19). The predicted octanol–water partition coefficient (Wildman–Crippen LogP) is 2.09. The third kappa shape index (κ3) is 4.61. The number of rotatable bonds is 7. The predicted molar refractivity (Wildman–Crippen MR) is 83.4 cm³/mol. The highest BCUT2D eigenvalue weighted by atomic mass is 32.2. The summed E-state index contributed by atoms with van der Waals surface area (Å²) in [5, 5.41) is 3.78. The molecule has 0 saturated heterocycles. The third-order valence-corrected chi connectivity index (χ3v) is 4.06. The first-order valence-electron chi connectivity index (χ1n) is 6.67. The van der Waals surface area contributed by atoms with Crippen molar-refractivity contribution < 1.29 is 9.53 Å². The number of ether oxygens (including phenoxy) is 1. The van der Waals surface area contributed by atoms with Crippen molar-refractivity contribution in [2.24, 2.45) is 7.05 Å². The number of hydrogen-bond acceptors (Lipinski definition) is 4. The summed E-state index contributed by atoms with van der Waals surface area (Å²) >= 11 is 1.65. The molecular weight excluding hydrogens is 286 g/mol. The molecule has 1 amide bonds. The molecule has 2 rings (SSSR count). The van der Waals surface area contributed by atoms with Gasteiger partial charge in [-0.05, 0) is 17.7 Å². The van der Waals surface area contributed by atoms with Crippen LogP contribution in [0.1, 0.15) is 15.9 Å². The fourth-order valence-electron chi connectivity index (χ4n) is 1.81. The van der Waals surface area contributed by atoms with E-state index >= 15 is 0 Å². The Kier molecular flexibility index (Phi) is 5.83. The minimum atomic E-state index is -0.0732. The Labute approximate surface area is 128 Å². The highest BCUT2D eigenvalue weighted by molar-refractivity contribution is 7.98. The van der Waals surface area contributed by atoms with Gasteiger partial charge in [-0.2, -0.15) is 0 Å². The average molecular weight is 305 g/mol. The second kappa shape index (κ2) is 7.85. The first kappa shape index (κ1) is 15.6. The van der Waals surface area contributed by atoms with Crippen molar-refractivity contribution in [3.63, 3.8) is 0 Å². The first-order chi connectivity index (χ1) is 10.2. The van der Waals surface area contributed by atoms with Gasteiger partial charge in [0, 0.05) is 44.4 Å². The molecular formula is C15H19N3O2S. The zero-order valence-electron chi connectivity index (χ0n) is 12.2. The molecule has 0 unspecified atom stereocenters. The Bertz CT molecular complexity index is 598. The molecule has 112 valence electrons. The maximum Gasteiger partial charge on any atom is 0.251 e. The molecule has 5 nitrogen and oxygen atoms in total. The number of amides is 1. The zero-order chi connectivity index (χ0) is 15.1. The maximum absolute atomic E-state index is 12.0. The lowest BCUT2D eigenvalue weighted by molar-refractivity contribution is 0.0937. The van der Waals surface area contributed by atoms with Crippen LogP contribution in [0.15, 0.2) is 41.8 Å². The lowest BCUT2D eigenvalue weighted by atomic mass is 10.1. The fourth-order valence-corrected chi connectivity index (χ4v) is 2.69. The van der Waals surface area contributed by atoms with E-state index in [4.69, 9.17) is 4.74 Å². The van der Waals surface area contributed by atoms with Crippen LogP contribution in [0, 0.1) is 0 Å².